The summed E-state index contributed by atoms with van der Waals surface area (Å²) < 4.78 is 0. The Bertz CT molecular complexity index is 732. The Morgan fingerprint density at radius 2 is 1.81 bits per heavy atom. The number of benzene rings is 1. The highest BCUT2D eigenvalue weighted by Crippen LogP contribution is 2.28. The molecule has 0 spiro atoms. The Balaban J connectivity index is 2.02. The maximum atomic E-state index is 12.5. The molecule has 0 unspecified atom stereocenters. The van der Waals surface area contributed by atoms with E-state index in [4.69, 9.17) is 0 Å². The molecule has 0 saturated carbocycles. The van der Waals surface area contributed by atoms with Gasteiger partial charge in [-0.2, -0.15) is 0 Å². The molecule has 1 saturated heterocycles. The minimum Gasteiger partial charge on any atom is -0.372 e. The van der Waals surface area contributed by atoms with Crippen LogP contribution in [0.2, 0.25) is 0 Å². The molecule has 2 amide bonds. The van der Waals surface area contributed by atoms with Crippen molar-refractivity contribution in [2.75, 3.05) is 32.1 Å². The Hall–Kier alpha value is -2.64. The Labute approximate surface area is 159 Å². The SMILES string of the molecule is CN(C)c1ccc(C(=O)NC2CCN(C(=O)C(C)(C)C)CC2)cc1[N+](=O)[O-]. The van der Waals surface area contributed by atoms with Gasteiger partial charge in [0.05, 0.1) is 4.92 Å². The van der Waals surface area contributed by atoms with Gasteiger partial charge in [-0.25, -0.2) is 0 Å². The van der Waals surface area contributed by atoms with Gasteiger partial charge in [0.15, 0.2) is 0 Å². The fourth-order valence-corrected chi connectivity index (χ4v) is 3.16. The van der Waals surface area contributed by atoms with Crippen molar-refractivity contribution < 1.29 is 14.5 Å². The fraction of sp³-hybridized carbons (Fsp3) is 0.579. The van der Waals surface area contributed by atoms with Gasteiger partial charge in [0, 0.05) is 50.3 Å². The summed E-state index contributed by atoms with van der Waals surface area (Å²) in [5, 5.41) is 14.2. The van der Waals surface area contributed by atoms with Gasteiger partial charge in [-0.05, 0) is 25.0 Å². The molecular weight excluding hydrogens is 348 g/mol. The van der Waals surface area contributed by atoms with E-state index >= 15 is 0 Å². The zero-order valence-corrected chi connectivity index (χ0v) is 16.6. The number of rotatable bonds is 4. The third-order valence-electron chi connectivity index (χ3n) is 4.68. The van der Waals surface area contributed by atoms with E-state index in [-0.39, 0.29) is 29.1 Å². The van der Waals surface area contributed by atoms with Crippen LogP contribution in [0, 0.1) is 15.5 Å². The third-order valence-corrected chi connectivity index (χ3v) is 4.68. The predicted octanol–water partition coefficient (Wildman–Crippen LogP) is 2.43. The van der Waals surface area contributed by atoms with Crippen molar-refractivity contribution in [2.24, 2.45) is 5.41 Å². The lowest BCUT2D eigenvalue weighted by molar-refractivity contribution is -0.384. The summed E-state index contributed by atoms with van der Waals surface area (Å²) in [7, 11) is 3.43. The smallest absolute Gasteiger partial charge is 0.293 e. The summed E-state index contributed by atoms with van der Waals surface area (Å²) >= 11 is 0. The number of nitrogens with zero attached hydrogens (tertiary/aromatic N) is 3. The minimum atomic E-state index is -0.483. The van der Waals surface area contributed by atoms with E-state index in [0.717, 1.165) is 0 Å². The highest BCUT2D eigenvalue weighted by Gasteiger charge is 2.31. The molecule has 0 radical (unpaired) electrons. The number of piperidine rings is 1. The zero-order valence-electron chi connectivity index (χ0n) is 16.6. The quantitative estimate of drug-likeness (QED) is 0.643. The van der Waals surface area contributed by atoms with E-state index < -0.39 is 10.3 Å². The van der Waals surface area contributed by atoms with Crippen LogP contribution in [0.15, 0.2) is 18.2 Å². The first-order valence-electron chi connectivity index (χ1n) is 9.06. The number of amides is 2. The molecule has 1 aromatic carbocycles. The van der Waals surface area contributed by atoms with Crippen molar-refractivity contribution in [3.63, 3.8) is 0 Å². The first kappa shape index (κ1) is 20.7. The Morgan fingerprint density at radius 3 is 2.30 bits per heavy atom. The summed E-state index contributed by atoms with van der Waals surface area (Å²) in [6.45, 7) is 6.88. The third kappa shape index (κ3) is 4.96. The van der Waals surface area contributed by atoms with Gasteiger partial charge < -0.3 is 15.1 Å². The first-order chi connectivity index (χ1) is 12.5. The molecule has 1 heterocycles. The molecule has 8 heteroatoms. The van der Waals surface area contributed by atoms with Gasteiger partial charge in [0.2, 0.25) is 5.91 Å². The second kappa shape index (κ2) is 7.94. The molecule has 1 aliphatic rings. The Kier molecular flexibility index (Phi) is 6.08. The molecule has 0 atom stereocenters. The average molecular weight is 376 g/mol. The second-order valence-electron chi connectivity index (χ2n) is 8.14. The van der Waals surface area contributed by atoms with Crippen LogP contribution in [0.3, 0.4) is 0 Å². The molecule has 0 aliphatic carbocycles. The van der Waals surface area contributed by atoms with Crippen LogP contribution in [0.5, 0.6) is 0 Å². The summed E-state index contributed by atoms with van der Waals surface area (Å²) in [6, 6.07) is 4.44. The molecule has 0 aromatic heterocycles. The lowest BCUT2D eigenvalue weighted by Gasteiger charge is -2.36. The van der Waals surface area contributed by atoms with E-state index in [0.29, 0.717) is 31.6 Å². The van der Waals surface area contributed by atoms with Gasteiger partial charge >= 0.3 is 0 Å². The number of hydrogen-bond acceptors (Lipinski definition) is 5. The van der Waals surface area contributed by atoms with E-state index in [1.54, 1.807) is 31.1 Å². The summed E-state index contributed by atoms with van der Waals surface area (Å²) in [6.07, 6.45) is 1.34. The average Bonchev–Trinajstić information content (AvgIpc) is 2.60. The monoisotopic (exact) mass is 376 g/mol. The molecule has 1 N–H and O–H groups in total. The topological polar surface area (TPSA) is 95.8 Å². The number of nitrogens with one attached hydrogen (secondary N) is 1. The highest BCUT2D eigenvalue weighted by atomic mass is 16.6. The summed E-state index contributed by atoms with van der Waals surface area (Å²) in [5.74, 6) is -0.217. The number of hydrogen-bond donors (Lipinski definition) is 1. The maximum absolute atomic E-state index is 12.5. The molecule has 1 fully saturated rings. The number of anilines is 1. The van der Waals surface area contributed by atoms with Gasteiger partial charge in [0.1, 0.15) is 5.69 Å². The lowest BCUT2D eigenvalue weighted by Crippen LogP contribution is -2.49. The van der Waals surface area contributed by atoms with Crippen LogP contribution in [0.1, 0.15) is 44.0 Å². The van der Waals surface area contributed by atoms with Crippen LogP contribution in [-0.2, 0) is 4.79 Å². The van der Waals surface area contributed by atoms with Crippen molar-refractivity contribution in [3.05, 3.63) is 33.9 Å². The van der Waals surface area contributed by atoms with Crippen LogP contribution < -0.4 is 10.2 Å². The predicted molar refractivity (Wildman–Crippen MR) is 104 cm³/mol. The summed E-state index contributed by atoms with van der Waals surface area (Å²) in [4.78, 5) is 39.1. The van der Waals surface area contributed by atoms with E-state index in [1.165, 1.54) is 6.07 Å². The molecule has 2 rings (SSSR count). The standard InChI is InChI=1S/C19H28N4O4/c1-19(2,3)18(25)22-10-8-14(9-11-22)20-17(24)13-6-7-15(21(4)5)16(12-13)23(26)27/h6-7,12,14H,8-11H2,1-5H3,(H,20,24). The number of likely N-dealkylation sites (tertiary alicyclic amines) is 1. The number of nitro groups is 1. The van der Waals surface area contributed by atoms with E-state index in [9.17, 15) is 19.7 Å². The van der Waals surface area contributed by atoms with Gasteiger partial charge in [-0.1, -0.05) is 20.8 Å². The number of carbonyl (C=O) groups is 2. The zero-order chi connectivity index (χ0) is 20.4. The van der Waals surface area contributed by atoms with Crippen LogP contribution >= 0.6 is 0 Å². The van der Waals surface area contributed by atoms with Gasteiger partial charge in [-0.3, -0.25) is 19.7 Å². The van der Waals surface area contributed by atoms with Crippen molar-refractivity contribution >= 4 is 23.2 Å². The minimum absolute atomic E-state index is 0.0471. The fourth-order valence-electron chi connectivity index (χ4n) is 3.16. The summed E-state index contributed by atoms with van der Waals surface area (Å²) in [5.41, 5.74) is 0.202. The molecule has 27 heavy (non-hydrogen) atoms. The van der Waals surface area contributed by atoms with Gasteiger partial charge in [-0.15, -0.1) is 0 Å². The first-order valence-corrected chi connectivity index (χ1v) is 9.06. The molecule has 1 aromatic rings. The molecule has 148 valence electrons. The molecule has 0 bridgehead atoms. The second-order valence-corrected chi connectivity index (χ2v) is 8.14. The van der Waals surface area contributed by atoms with Crippen LogP contribution in [-0.4, -0.2) is 54.9 Å². The normalized spacial score (nSPS) is 15.4. The van der Waals surface area contributed by atoms with E-state index in [1.807, 2.05) is 25.7 Å². The number of nitro benzene ring substituents is 1. The van der Waals surface area contributed by atoms with Crippen molar-refractivity contribution in [2.45, 2.75) is 39.7 Å². The van der Waals surface area contributed by atoms with E-state index in [2.05, 4.69) is 5.32 Å². The molecule has 1 aliphatic heterocycles. The highest BCUT2D eigenvalue weighted by molar-refractivity contribution is 5.96. The van der Waals surface area contributed by atoms with Crippen LogP contribution in [0.4, 0.5) is 11.4 Å². The van der Waals surface area contributed by atoms with Crippen molar-refractivity contribution in [1.82, 2.24) is 10.2 Å². The number of carbonyl (C=O) groups excluding carboxylic acids is 2. The molecule has 8 nitrogen and oxygen atoms in total. The Morgan fingerprint density at radius 1 is 1.22 bits per heavy atom. The maximum Gasteiger partial charge on any atom is 0.293 e. The lowest BCUT2D eigenvalue weighted by atomic mass is 9.93. The van der Waals surface area contributed by atoms with Crippen LogP contribution in [0.25, 0.3) is 0 Å². The van der Waals surface area contributed by atoms with Crippen molar-refractivity contribution in [1.29, 1.82) is 0 Å². The molecular formula is C19H28N4O4. The van der Waals surface area contributed by atoms with Gasteiger partial charge in [0.25, 0.3) is 11.6 Å². The van der Waals surface area contributed by atoms with Crippen molar-refractivity contribution in [3.8, 4) is 0 Å². The largest absolute Gasteiger partial charge is 0.372 e.